The summed E-state index contributed by atoms with van der Waals surface area (Å²) in [4.78, 5) is 134. The Bertz CT molecular complexity index is 12800. The Labute approximate surface area is 859 Å². The second kappa shape index (κ2) is 31.9. The molecule has 20 aromatic carbocycles. The Balaban J connectivity index is 0.0000000844. The summed E-state index contributed by atoms with van der Waals surface area (Å²) < 4.78 is 21.9. The van der Waals surface area contributed by atoms with Crippen LogP contribution in [0.4, 0.5) is 0 Å². The number of fused-ring (bicyclic) bond motifs is 38. The molecule has 0 aliphatic heterocycles. The molecule has 0 fully saturated rings. The molecule has 0 saturated heterocycles. The first-order valence-corrected chi connectivity index (χ1v) is 53.1. The fourth-order valence-electron chi connectivity index (χ4n) is 24.2. The highest BCUT2D eigenvalue weighted by Gasteiger charge is 2.28. The van der Waals surface area contributed by atoms with Gasteiger partial charge in [0.1, 0.15) is 0 Å². The fraction of sp³-hybridized carbons (Fsp3) is 0. The van der Waals surface area contributed by atoms with Gasteiger partial charge in [-0.1, -0.05) is 194 Å². The molecule has 150 heavy (non-hydrogen) atoms. The van der Waals surface area contributed by atoms with Crippen LogP contribution in [0.1, 0.15) is 0 Å². The Morgan fingerprint density at radius 2 is 0.373 bits per heavy atom. The molecule has 0 bridgehead atoms. The van der Waals surface area contributed by atoms with Gasteiger partial charge in [0, 0.05) is 193 Å². The molecular weight excluding hydrogens is 1950 g/mol. The number of para-hydroxylation sites is 10. The number of rotatable bonds is 0. The Hall–Kier alpha value is -18.8. The molecule has 700 valence electrons. The molecule has 0 N–H and O–H groups in total. The molecule has 0 aliphatic rings. The van der Waals surface area contributed by atoms with Gasteiger partial charge in [0.2, 0.25) is 0 Å². The number of pyridine rings is 10. The van der Waals surface area contributed by atoms with E-state index in [1.54, 1.807) is 74.9 Å². The topological polar surface area (TPSA) is 193 Å². The SMILES string of the molecule is O=c1c2ccccc2n2c3c1cccc3c(=O)c1ccc3c4ccccc4sc3c12.O=c1c2ccccc2n2c3cc4c(cc3c(=O)c3cccc1c32)sc1ccccc14.O=c1c2ccccc2n2c3cc4sc5ccccc5c4cc3c(=O)c3cccc1c32.O=c1c2ccccc2n2c3ccc4c5ccccc5sc4c3c(=O)c3cccc1c32.O=c1c2ccccc2n2c3ccc4sc5ccccc5c4c3c(=O)c3cccc1c32. The van der Waals surface area contributed by atoms with Crippen LogP contribution in [0.15, 0.2) is 442 Å². The van der Waals surface area contributed by atoms with E-state index in [1.165, 1.54) is 45.0 Å². The van der Waals surface area contributed by atoms with Gasteiger partial charge in [-0.05, 0) is 200 Å². The van der Waals surface area contributed by atoms with Crippen molar-refractivity contribution >= 4 is 348 Å². The second-order valence-electron chi connectivity index (χ2n) is 38.3. The third-order valence-electron chi connectivity index (χ3n) is 30.6. The third kappa shape index (κ3) is 11.8. The number of thiophene rings is 5. The maximum atomic E-state index is 13.8. The van der Waals surface area contributed by atoms with Crippen molar-refractivity contribution in [2.24, 2.45) is 0 Å². The van der Waals surface area contributed by atoms with Gasteiger partial charge in [0.15, 0.2) is 54.3 Å². The fourth-order valence-corrected chi connectivity index (χ4v) is 30.0. The predicted molar refractivity (Wildman–Crippen MR) is 633 cm³/mol. The smallest absolute Gasteiger partial charge is 0.198 e. The lowest BCUT2D eigenvalue weighted by atomic mass is 10.0. The molecule has 0 atom stereocenters. The van der Waals surface area contributed by atoms with Crippen molar-refractivity contribution in [2.75, 3.05) is 0 Å². The minimum Gasteiger partial charge on any atom is -0.307 e. The molecule has 35 rings (SSSR count). The van der Waals surface area contributed by atoms with Crippen LogP contribution < -0.4 is 54.3 Å². The highest BCUT2D eigenvalue weighted by Crippen LogP contribution is 2.47. The first kappa shape index (κ1) is 85.6. The van der Waals surface area contributed by atoms with Crippen LogP contribution in [-0.4, -0.2) is 22.0 Å². The number of hydrogen-bond donors (Lipinski definition) is 0. The van der Waals surface area contributed by atoms with Crippen LogP contribution in [-0.2, 0) is 0 Å². The van der Waals surface area contributed by atoms with E-state index in [0.29, 0.717) is 125 Å². The summed E-state index contributed by atoms with van der Waals surface area (Å²) in [6, 6.07) is 128. The molecule has 0 saturated carbocycles. The van der Waals surface area contributed by atoms with Crippen molar-refractivity contribution in [3.05, 3.63) is 497 Å². The van der Waals surface area contributed by atoms with Gasteiger partial charge < -0.3 is 22.0 Å². The number of benzene rings is 20. The lowest BCUT2D eigenvalue weighted by molar-refractivity contribution is 1.31. The maximum Gasteiger partial charge on any atom is 0.198 e. The van der Waals surface area contributed by atoms with E-state index in [2.05, 4.69) is 113 Å². The Morgan fingerprint density at radius 1 is 0.120 bits per heavy atom. The van der Waals surface area contributed by atoms with Crippen molar-refractivity contribution < 1.29 is 0 Å². The van der Waals surface area contributed by atoms with Crippen LogP contribution in [0.3, 0.4) is 0 Å². The van der Waals surface area contributed by atoms with Crippen molar-refractivity contribution in [1.82, 2.24) is 22.0 Å². The quantitative estimate of drug-likeness (QED) is 0.104. The van der Waals surface area contributed by atoms with E-state index < -0.39 is 0 Å². The normalized spacial score (nSPS) is 12.3. The molecule has 0 spiro atoms. The van der Waals surface area contributed by atoms with Crippen LogP contribution in [0.25, 0.3) is 291 Å². The minimum absolute atomic E-state index is 0.0116. The zero-order valence-electron chi connectivity index (χ0n) is 78.4. The zero-order valence-corrected chi connectivity index (χ0v) is 82.5. The molecule has 0 amide bonds. The van der Waals surface area contributed by atoms with E-state index in [0.717, 1.165) is 122 Å². The van der Waals surface area contributed by atoms with Gasteiger partial charge in [0.05, 0.1) is 98.2 Å². The van der Waals surface area contributed by atoms with Gasteiger partial charge in [-0.2, -0.15) is 0 Å². The van der Waals surface area contributed by atoms with Crippen molar-refractivity contribution in [1.29, 1.82) is 0 Å². The highest BCUT2D eigenvalue weighted by atomic mass is 32.1. The molecule has 20 heteroatoms. The summed E-state index contributed by atoms with van der Waals surface area (Å²) in [5.41, 5.74) is 11.7. The molecule has 0 radical (unpaired) electrons. The van der Waals surface area contributed by atoms with E-state index in [4.69, 9.17) is 0 Å². The molecule has 15 heterocycles. The van der Waals surface area contributed by atoms with Gasteiger partial charge in [0.25, 0.3) is 0 Å². The molecule has 0 aliphatic carbocycles. The summed E-state index contributed by atoms with van der Waals surface area (Å²) >= 11 is 8.49. The Morgan fingerprint density at radius 3 is 0.807 bits per heavy atom. The zero-order chi connectivity index (χ0) is 99.9. The molecule has 15 aromatic heterocycles. The predicted octanol–water partition coefficient (Wildman–Crippen LogP) is 29.6. The van der Waals surface area contributed by atoms with Crippen LogP contribution in [0, 0.1) is 0 Å². The lowest BCUT2D eigenvalue weighted by Crippen LogP contribution is -2.14. The Kier molecular flexibility index (Phi) is 18.2. The summed E-state index contributed by atoms with van der Waals surface area (Å²) in [6.45, 7) is 0. The van der Waals surface area contributed by atoms with Gasteiger partial charge >= 0.3 is 0 Å². The van der Waals surface area contributed by atoms with Crippen molar-refractivity contribution in [3.8, 4) is 0 Å². The van der Waals surface area contributed by atoms with Gasteiger partial charge in [-0.3, -0.25) is 47.9 Å². The van der Waals surface area contributed by atoms with Crippen LogP contribution in [0.2, 0.25) is 0 Å². The first-order valence-electron chi connectivity index (χ1n) is 49.0. The average molecular weight is 2020 g/mol. The van der Waals surface area contributed by atoms with Crippen LogP contribution in [0.5, 0.6) is 0 Å². The van der Waals surface area contributed by atoms with Crippen molar-refractivity contribution in [3.63, 3.8) is 0 Å². The van der Waals surface area contributed by atoms with Crippen LogP contribution >= 0.6 is 56.7 Å². The summed E-state index contributed by atoms with van der Waals surface area (Å²) in [6.07, 6.45) is 0. The number of aromatic nitrogens is 5. The summed E-state index contributed by atoms with van der Waals surface area (Å²) in [7, 11) is 0. The summed E-state index contributed by atoms with van der Waals surface area (Å²) in [5.74, 6) is 0. The second-order valence-corrected chi connectivity index (χ2v) is 43.6. The van der Waals surface area contributed by atoms with Crippen molar-refractivity contribution in [2.45, 2.75) is 0 Å². The standard InChI is InChI=1S/5C26H13NO2S/c28-25-15-7-1-3-10-20(15)27-21-12-18-14-6-2-4-11-22(14)30-23(18)13-19(21)26(29)17-9-5-8-16(25)24(17)27;28-25-15-7-1-3-10-20(15)27-21-13-23-18(14-6-2-4-11-22(14)30-23)12-19(21)26(29)17-9-5-8-16(25)24(17)27;28-24-16-7-1-3-10-20(16)27-22-17(24)8-5-9-18(22)25(29)19-13-12-15-14-6-2-4-11-21(14)30-26(15)23(19)27;28-24-16-7-1-3-10-19(16)27-20-13-12-15-14-6-2-4-11-21(14)30-26(15)22(20)25(29)18-9-5-8-17(24)23(18)27;28-25-14-6-1-3-10-18(14)27-19-12-13-21-22(15-7-2-4-11-20(15)30-21)23(19)26(29)17-9-5-8-16(25)24(17)27/h5*1-13H. The van der Waals surface area contributed by atoms with E-state index in [1.807, 2.05) is 285 Å². The van der Waals surface area contributed by atoms with E-state index >= 15 is 0 Å². The largest absolute Gasteiger partial charge is 0.307 e. The van der Waals surface area contributed by atoms with E-state index in [-0.39, 0.29) is 54.3 Å². The third-order valence-corrected chi connectivity index (χ3v) is 36.4. The molecule has 35 aromatic rings. The minimum atomic E-state index is -0.0305. The van der Waals surface area contributed by atoms with Gasteiger partial charge in [-0.25, -0.2) is 0 Å². The lowest BCUT2D eigenvalue weighted by Gasteiger charge is -2.14. The highest BCUT2D eigenvalue weighted by molar-refractivity contribution is 7.28. The monoisotopic (exact) mass is 2020 g/mol. The number of nitrogens with zero attached hydrogens (tertiary/aromatic N) is 5. The first-order chi connectivity index (χ1) is 73.7. The molecule has 0 unspecified atom stereocenters. The molecular formula is C130H65N5O10S5. The maximum absolute atomic E-state index is 13.8. The van der Waals surface area contributed by atoms with E-state index in [9.17, 15) is 47.9 Å². The van der Waals surface area contributed by atoms with Gasteiger partial charge in [-0.15, -0.1) is 56.7 Å². The number of hydrogen-bond acceptors (Lipinski definition) is 15. The molecule has 15 nitrogen and oxygen atoms in total. The summed E-state index contributed by atoms with van der Waals surface area (Å²) in [5, 5.41) is 24.0. The average Bonchev–Trinajstić information content (AvgIpc) is 1.31.